The zero-order valence-corrected chi connectivity index (χ0v) is 12.4. The summed E-state index contributed by atoms with van der Waals surface area (Å²) in [5.74, 6) is 0.895. The third-order valence-corrected chi connectivity index (χ3v) is 3.44. The van der Waals surface area contributed by atoms with Crippen molar-refractivity contribution in [3.8, 4) is 0 Å². The van der Waals surface area contributed by atoms with E-state index in [9.17, 15) is 4.79 Å². The lowest BCUT2D eigenvalue weighted by molar-refractivity contribution is 0.224. The fourth-order valence-electron chi connectivity index (χ4n) is 1.95. The Morgan fingerprint density at radius 3 is 2.84 bits per heavy atom. The van der Waals surface area contributed by atoms with Crippen molar-refractivity contribution in [1.29, 1.82) is 0 Å². The van der Waals surface area contributed by atoms with Crippen molar-refractivity contribution in [3.05, 3.63) is 16.6 Å². The highest BCUT2D eigenvalue weighted by Crippen LogP contribution is 2.14. The van der Waals surface area contributed by atoms with E-state index >= 15 is 0 Å². The van der Waals surface area contributed by atoms with E-state index < -0.39 is 0 Å². The van der Waals surface area contributed by atoms with Crippen LogP contribution in [0.2, 0.25) is 0 Å². The number of rotatable bonds is 8. The van der Waals surface area contributed by atoms with Crippen LogP contribution in [0.4, 0.5) is 4.79 Å². The van der Waals surface area contributed by atoms with E-state index in [0.717, 1.165) is 18.5 Å². The Labute approximate surface area is 118 Å². The van der Waals surface area contributed by atoms with Gasteiger partial charge in [-0.15, -0.1) is 11.3 Å². The van der Waals surface area contributed by atoms with Crippen molar-refractivity contribution < 1.29 is 9.90 Å². The van der Waals surface area contributed by atoms with Crippen molar-refractivity contribution in [2.45, 2.75) is 33.2 Å². The van der Waals surface area contributed by atoms with E-state index in [1.165, 1.54) is 11.3 Å². The molecule has 1 atom stereocenters. The largest absolute Gasteiger partial charge is 0.396 e. The topological polar surface area (TPSA) is 74.2 Å². The molecule has 0 aliphatic heterocycles. The number of aliphatic hydroxyl groups is 1. The van der Waals surface area contributed by atoms with Gasteiger partial charge in [0, 0.05) is 18.5 Å². The lowest BCUT2D eigenvalue weighted by Gasteiger charge is -2.18. The number of hydrogen-bond donors (Lipinski definition) is 3. The molecule has 108 valence electrons. The molecule has 0 aliphatic carbocycles. The van der Waals surface area contributed by atoms with Gasteiger partial charge in [-0.1, -0.05) is 13.8 Å². The standard InChI is InChI=1S/C13H23N3O2S/c1-10(2)5-11(3-4-17)6-14-13(18)15-7-12-8-19-9-16-12/h8-11,17H,3-7H2,1-2H3,(H2,14,15,18). The van der Waals surface area contributed by atoms with Crippen LogP contribution in [0.15, 0.2) is 10.9 Å². The molecule has 0 radical (unpaired) electrons. The van der Waals surface area contributed by atoms with E-state index in [2.05, 4.69) is 29.5 Å². The van der Waals surface area contributed by atoms with Crippen LogP contribution < -0.4 is 10.6 Å². The number of carbonyl (C=O) groups is 1. The first-order chi connectivity index (χ1) is 9.11. The van der Waals surface area contributed by atoms with Gasteiger partial charge in [0.05, 0.1) is 17.7 Å². The summed E-state index contributed by atoms with van der Waals surface area (Å²) in [4.78, 5) is 15.7. The van der Waals surface area contributed by atoms with E-state index in [1.807, 2.05) is 5.38 Å². The van der Waals surface area contributed by atoms with Gasteiger partial charge < -0.3 is 15.7 Å². The van der Waals surface area contributed by atoms with Crippen LogP contribution >= 0.6 is 11.3 Å². The zero-order valence-electron chi connectivity index (χ0n) is 11.6. The average molecular weight is 285 g/mol. The van der Waals surface area contributed by atoms with Gasteiger partial charge in [0.15, 0.2) is 0 Å². The predicted molar refractivity (Wildman–Crippen MR) is 77.0 cm³/mol. The van der Waals surface area contributed by atoms with Crippen LogP contribution in [0, 0.1) is 11.8 Å². The smallest absolute Gasteiger partial charge is 0.315 e. The molecule has 19 heavy (non-hydrogen) atoms. The van der Waals surface area contributed by atoms with Gasteiger partial charge in [0.25, 0.3) is 0 Å². The maximum absolute atomic E-state index is 11.6. The molecule has 2 amide bonds. The second-order valence-corrected chi connectivity index (χ2v) is 5.77. The summed E-state index contributed by atoms with van der Waals surface area (Å²) in [5, 5.41) is 16.5. The van der Waals surface area contributed by atoms with Crippen molar-refractivity contribution in [1.82, 2.24) is 15.6 Å². The SMILES string of the molecule is CC(C)CC(CCO)CNC(=O)NCc1cscn1. The molecule has 0 saturated carbocycles. The highest BCUT2D eigenvalue weighted by Gasteiger charge is 2.12. The number of aliphatic hydroxyl groups excluding tert-OH is 1. The molecule has 1 unspecified atom stereocenters. The van der Waals surface area contributed by atoms with Gasteiger partial charge in [0.2, 0.25) is 0 Å². The Morgan fingerprint density at radius 1 is 1.47 bits per heavy atom. The molecule has 1 aromatic rings. The first-order valence-electron chi connectivity index (χ1n) is 6.61. The lowest BCUT2D eigenvalue weighted by atomic mass is 9.94. The summed E-state index contributed by atoms with van der Waals surface area (Å²) in [6, 6.07) is -0.181. The highest BCUT2D eigenvalue weighted by atomic mass is 32.1. The van der Waals surface area contributed by atoms with Crippen LogP contribution in [-0.2, 0) is 6.54 Å². The first-order valence-corrected chi connectivity index (χ1v) is 7.55. The Morgan fingerprint density at radius 2 is 2.26 bits per heavy atom. The minimum atomic E-state index is -0.181. The van der Waals surface area contributed by atoms with Gasteiger partial charge in [-0.25, -0.2) is 9.78 Å². The summed E-state index contributed by atoms with van der Waals surface area (Å²) in [6.07, 6.45) is 1.73. The molecule has 0 fully saturated rings. The molecule has 0 spiro atoms. The third kappa shape index (κ3) is 7.12. The van der Waals surface area contributed by atoms with Crippen LogP contribution in [0.5, 0.6) is 0 Å². The minimum Gasteiger partial charge on any atom is -0.396 e. The van der Waals surface area contributed by atoms with Crippen LogP contribution in [0.3, 0.4) is 0 Å². The number of thiazole rings is 1. The number of amides is 2. The highest BCUT2D eigenvalue weighted by molar-refractivity contribution is 7.07. The number of nitrogens with one attached hydrogen (secondary N) is 2. The average Bonchev–Trinajstić information content (AvgIpc) is 2.86. The Bertz CT molecular complexity index is 355. The van der Waals surface area contributed by atoms with E-state index in [-0.39, 0.29) is 12.6 Å². The van der Waals surface area contributed by atoms with Crippen molar-refractivity contribution in [2.75, 3.05) is 13.2 Å². The molecule has 0 aliphatic rings. The summed E-state index contributed by atoms with van der Waals surface area (Å²) < 4.78 is 0. The maximum atomic E-state index is 11.6. The lowest BCUT2D eigenvalue weighted by Crippen LogP contribution is -2.38. The molecule has 6 heteroatoms. The molecule has 0 aromatic carbocycles. The molecule has 5 nitrogen and oxygen atoms in total. The minimum absolute atomic E-state index is 0.166. The molecule has 3 N–H and O–H groups in total. The van der Waals surface area contributed by atoms with E-state index in [4.69, 9.17) is 5.11 Å². The number of carbonyl (C=O) groups excluding carboxylic acids is 1. The Hall–Kier alpha value is -1.14. The van der Waals surface area contributed by atoms with Gasteiger partial charge in [-0.05, 0) is 24.7 Å². The third-order valence-electron chi connectivity index (χ3n) is 2.81. The van der Waals surface area contributed by atoms with E-state index in [0.29, 0.717) is 24.9 Å². The van der Waals surface area contributed by atoms with Crippen LogP contribution in [0.1, 0.15) is 32.4 Å². The Kier molecular flexibility index (Phi) is 7.43. The number of hydrogen-bond acceptors (Lipinski definition) is 4. The van der Waals surface area contributed by atoms with Crippen LogP contribution in [0.25, 0.3) is 0 Å². The number of aromatic nitrogens is 1. The maximum Gasteiger partial charge on any atom is 0.315 e. The van der Waals surface area contributed by atoms with Crippen molar-refractivity contribution >= 4 is 17.4 Å². The number of urea groups is 1. The summed E-state index contributed by atoms with van der Waals surface area (Å²) in [5.41, 5.74) is 2.61. The quantitative estimate of drug-likeness (QED) is 0.684. The van der Waals surface area contributed by atoms with Gasteiger partial charge >= 0.3 is 6.03 Å². The van der Waals surface area contributed by atoms with E-state index in [1.54, 1.807) is 5.51 Å². The summed E-state index contributed by atoms with van der Waals surface area (Å²) in [6.45, 7) is 5.50. The van der Waals surface area contributed by atoms with Gasteiger partial charge in [-0.3, -0.25) is 0 Å². The molecule has 0 saturated heterocycles. The zero-order chi connectivity index (χ0) is 14.1. The number of nitrogens with zero attached hydrogens (tertiary/aromatic N) is 1. The van der Waals surface area contributed by atoms with Gasteiger partial charge in [0.1, 0.15) is 0 Å². The summed E-state index contributed by atoms with van der Waals surface area (Å²) in [7, 11) is 0. The molecule has 1 rings (SSSR count). The fourth-order valence-corrected chi connectivity index (χ4v) is 2.51. The molecular weight excluding hydrogens is 262 g/mol. The van der Waals surface area contributed by atoms with Gasteiger partial charge in [-0.2, -0.15) is 0 Å². The molecule has 0 bridgehead atoms. The van der Waals surface area contributed by atoms with Crippen molar-refractivity contribution in [3.63, 3.8) is 0 Å². The van der Waals surface area contributed by atoms with Crippen molar-refractivity contribution in [2.24, 2.45) is 11.8 Å². The molecule has 1 heterocycles. The van der Waals surface area contributed by atoms with Crippen LogP contribution in [-0.4, -0.2) is 29.3 Å². The normalized spacial score (nSPS) is 12.4. The predicted octanol–water partition coefficient (Wildman–Crippen LogP) is 1.99. The monoisotopic (exact) mass is 285 g/mol. The molecular formula is C13H23N3O2S. The summed E-state index contributed by atoms with van der Waals surface area (Å²) >= 11 is 1.51. The first kappa shape index (κ1) is 15.9. The molecule has 1 aromatic heterocycles. The second kappa shape index (κ2) is 8.87. The Balaban J connectivity index is 2.22. The second-order valence-electron chi connectivity index (χ2n) is 5.05. The fraction of sp³-hybridized carbons (Fsp3) is 0.692.